The molecule has 0 aliphatic heterocycles. The molecular weight excluding hydrogens is 418 g/mol. The molecule has 0 saturated carbocycles. The van der Waals surface area contributed by atoms with Crippen molar-refractivity contribution in [3.8, 4) is 0 Å². The van der Waals surface area contributed by atoms with Crippen molar-refractivity contribution in [3.63, 3.8) is 0 Å². The summed E-state index contributed by atoms with van der Waals surface area (Å²) < 4.78 is 0. The van der Waals surface area contributed by atoms with Gasteiger partial charge in [-0.25, -0.2) is 12.1 Å². The maximum Gasteiger partial charge on any atom is 0 e. The Kier molecular flexibility index (Phi) is 18.2. The van der Waals surface area contributed by atoms with Gasteiger partial charge in [-0.2, -0.15) is 6.07 Å². The van der Waals surface area contributed by atoms with E-state index in [0.29, 0.717) is 0 Å². The Balaban J connectivity index is 0. The Morgan fingerprint density at radius 2 is 1.11 bits per heavy atom. The third-order valence-electron chi connectivity index (χ3n) is 4.11. The molecule has 28 heavy (non-hydrogen) atoms. The van der Waals surface area contributed by atoms with Crippen LogP contribution >= 0.6 is 15.8 Å². The molecule has 0 fully saturated rings. The van der Waals surface area contributed by atoms with Crippen molar-refractivity contribution >= 4 is 26.5 Å². The van der Waals surface area contributed by atoms with Gasteiger partial charge in [0.2, 0.25) is 0 Å². The van der Waals surface area contributed by atoms with Gasteiger partial charge in [0.15, 0.2) is 0 Å². The smallest absolute Gasteiger partial charge is 0 e. The molecule has 0 N–H and O–H groups in total. The predicted octanol–water partition coefficient (Wildman–Crippen LogP) is 8.07. The first-order valence-electron chi connectivity index (χ1n) is 10.7. The summed E-state index contributed by atoms with van der Waals surface area (Å²) in [6.07, 6.45) is 1.25. The summed E-state index contributed by atoms with van der Waals surface area (Å²) in [7, 11) is -0.0466. The molecular formula is C25H44FeP2-6. The molecule has 0 amide bonds. The molecule has 0 radical (unpaired) electrons. The molecule has 0 spiro atoms. The van der Waals surface area contributed by atoms with E-state index in [4.69, 9.17) is 0 Å². The fourth-order valence-electron chi connectivity index (χ4n) is 3.46. The maximum absolute atomic E-state index is 2.42. The summed E-state index contributed by atoms with van der Waals surface area (Å²) in [5.41, 5.74) is 3.14. The van der Waals surface area contributed by atoms with E-state index in [1.165, 1.54) is 6.42 Å². The van der Waals surface area contributed by atoms with Crippen LogP contribution in [0.15, 0.2) is 48.5 Å². The molecule has 0 aliphatic rings. The molecule has 0 bridgehead atoms. The summed E-state index contributed by atoms with van der Waals surface area (Å²) in [4.78, 5) is 0. The van der Waals surface area contributed by atoms with E-state index in [2.05, 4.69) is 87.4 Å². The summed E-state index contributed by atoms with van der Waals surface area (Å²) in [5, 5.41) is 3.40. The first-order valence-corrected chi connectivity index (χ1v) is 13.6. The van der Waals surface area contributed by atoms with Gasteiger partial charge in [0.05, 0.1) is 0 Å². The summed E-state index contributed by atoms with van der Waals surface area (Å²) in [5.74, 6) is 0. The normalized spacial score (nSPS) is 10.9. The van der Waals surface area contributed by atoms with Gasteiger partial charge in [0.1, 0.15) is 0 Å². The van der Waals surface area contributed by atoms with Crippen LogP contribution in [0.5, 0.6) is 0 Å². The maximum atomic E-state index is 2.42. The third-order valence-corrected chi connectivity index (χ3v) is 10.6. The van der Waals surface area contributed by atoms with Gasteiger partial charge < -0.3 is 30.3 Å². The molecule has 2 aromatic rings. The molecule has 2 rings (SSSR count). The largest absolute Gasteiger partial charge is 0.748 e. The molecule has 0 aromatic heterocycles. The Morgan fingerprint density at radius 1 is 0.750 bits per heavy atom. The minimum Gasteiger partial charge on any atom is -0.748 e. The van der Waals surface area contributed by atoms with Gasteiger partial charge in [-0.15, -0.1) is 18.5 Å². The van der Waals surface area contributed by atoms with Crippen LogP contribution in [0.1, 0.15) is 75.7 Å². The second-order valence-corrected chi connectivity index (χ2v) is 14.9. The molecule has 0 saturated heterocycles. The van der Waals surface area contributed by atoms with Crippen LogP contribution < -0.4 is 10.6 Å². The summed E-state index contributed by atoms with van der Waals surface area (Å²) in [6, 6.07) is 17.1. The van der Waals surface area contributed by atoms with E-state index < -0.39 is 0 Å². The predicted molar refractivity (Wildman–Crippen MR) is 134 cm³/mol. The van der Waals surface area contributed by atoms with Crippen molar-refractivity contribution in [2.75, 3.05) is 0 Å². The van der Waals surface area contributed by atoms with Crippen molar-refractivity contribution < 1.29 is 17.1 Å². The van der Waals surface area contributed by atoms with Gasteiger partial charge in [-0.3, -0.25) is 0 Å². The van der Waals surface area contributed by atoms with Crippen molar-refractivity contribution in [3.05, 3.63) is 48.5 Å². The zero-order valence-corrected chi connectivity index (χ0v) is 22.8. The van der Waals surface area contributed by atoms with E-state index in [1.54, 1.807) is 10.6 Å². The Bertz CT molecular complexity index is 485. The van der Waals surface area contributed by atoms with Crippen LogP contribution in [-0.4, -0.2) is 22.6 Å². The topological polar surface area (TPSA) is 0 Å². The number of hydrogen-bond acceptors (Lipinski definition) is 0. The fourth-order valence-corrected chi connectivity index (χ4v) is 9.96. The Morgan fingerprint density at radius 3 is 1.39 bits per heavy atom. The first-order chi connectivity index (χ1) is 12.7. The van der Waals surface area contributed by atoms with E-state index in [1.807, 2.05) is 30.3 Å². The van der Waals surface area contributed by atoms with Crippen LogP contribution in [0.25, 0.3) is 0 Å². The van der Waals surface area contributed by atoms with Gasteiger partial charge in [0, 0.05) is 17.1 Å². The van der Waals surface area contributed by atoms with Crippen molar-refractivity contribution in [1.29, 1.82) is 0 Å². The molecule has 0 aliphatic carbocycles. The average Bonchev–Trinajstić information content (AvgIpc) is 3.22. The monoisotopic (exact) mass is 462 g/mol. The van der Waals surface area contributed by atoms with E-state index >= 15 is 0 Å². The average molecular weight is 462 g/mol. The Hall–Kier alpha value is 0.0795. The molecule has 0 heterocycles. The minimum atomic E-state index is -0.0233. The quantitative estimate of drug-likeness (QED) is 0.231. The fraction of sp³-hybridized carbons (Fsp3) is 0.600. The third kappa shape index (κ3) is 10.7. The first kappa shape index (κ1) is 30.3. The van der Waals surface area contributed by atoms with Crippen molar-refractivity contribution in [2.24, 2.45) is 0 Å². The SMILES string of the molecule is CC(C)P(c1ccc[c-]1P(C(C)C)C(C)C)C(C)C.CCC.[Fe].[cH-]1[cH-][cH-][cH-][cH-]1. The van der Waals surface area contributed by atoms with Gasteiger partial charge in [-0.05, 0) is 22.6 Å². The van der Waals surface area contributed by atoms with Crippen LogP contribution in [0, 0.1) is 0 Å². The van der Waals surface area contributed by atoms with E-state index in [9.17, 15) is 0 Å². The zero-order chi connectivity index (χ0) is 21.0. The molecule has 0 atom stereocenters. The zero-order valence-electron chi connectivity index (χ0n) is 19.9. The molecule has 3 heteroatoms. The van der Waals surface area contributed by atoms with E-state index in [-0.39, 0.29) is 32.9 Å². The van der Waals surface area contributed by atoms with Crippen LogP contribution in [0.2, 0.25) is 0 Å². The van der Waals surface area contributed by atoms with Gasteiger partial charge in [-0.1, -0.05) is 83.6 Å². The summed E-state index contributed by atoms with van der Waals surface area (Å²) >= 11 is 0. The molecule has 0 nitrogen and oxygen atoms in total. The molecule has 168 valence electrons. The second-order valence-electron chi connectivity index (χ2n) is 8.16. The van der Waals surface area contributed by atoms with Gasteiger partial charge in [0.25, 0.3) is 0 Å². The number of hydrogen-bond donors (Lipinski definition) is 0. The summed E-state index contributed by atoms with van der Waals surface area (Å²) in [6.45, 7) is 23.4. The van der Waals surface area contributed by atoms with Crippen LogP contribution in [-0.2, 0) is 17.1 Å². The van der Waals surface area contributed by atoms with Crippen LogP contribution in [0.4, 0.5) is 0 Å². The van der Waals surface area contributed by atoms with Gasteiger partial charge >= 0.3 is 0 Å². The van der Waals surface area contributed by atoms with Crippen molar-refractivity contribution in [1.82, 2.24) is 0 Å². The Labute approximate surface area is 190 Å². The van der Waals surface area contributed by atoms with Crippen molar-refractivity contribution in [2.45, 2.75) is 98.3 Å². The second kappa shape index (κ2) is 16.8. The van der Waals surface area contributed by atoms with Crippen LogP contribution in [0.3, 0.4) is 0 Å². The van der Waals surface area contributed by atoms with E-state index in [0.717, 1.165) is 22.6 Å². The molecule has 0 unspecified atom stereocenters. The number of rotatable bonds is 6. The minimum absolute atomic E-state index is 0. The standard InChI is InChI=1S/C17H31P2.C5H5.C3H8.Fe/c1-12(2)18(13(3)4)16-10-9-11-17(16)19(14(5)6)15(7)8;1-2-4-5-3-1;1-3-2;/h9-15H,1-8H3;1-5H;3H2,1-2H3;/q-1;-5;;. The molecule has 2 aromatic carbocycles.